The number of rotatable bonds is 20. The van der Waals surface area contributed by atoms with Crippen LogP contribution in [-0.2, 0) is 24.0 Å². The lowest BCUT2D eigenvalue weighted by Gasteiger charge is -2.09. The predicted octanol–water partition coefficient (Wildman–Crippen LogP) is 8.88. The third-order valence-corrected chi connectivity index (χ3v) is 6.85. The highest BCUT2D eigenvalue weighted by atomic mass is 17.0. The van der Waals surface area contributed by atoms with Crippen LogP contribution in [0.2, 0.25) is 0 Å². The van der Waals surface area contributed by atoms with Gasteiger partial charge in [0.15, 0.2) is 11.5 Å². The molecular formula is C37H63NO10. The van der Waals surface area contributed by atoms with Gasteiger partial charge in [-0.1, -0.05) is 108 Å². The first kappa shape index (κ1) is 48.7. The van der Waals surface area contributed by atoms with Crippen LogP contribution in [0.1, 0.15) is 130 Å². The SMILES string of the molecule is C/C=C\CCCC(=O)Oc1ccc(/C=C/C)cc1OC.CCCCCCCC.CO.O=CCCC1CCCC1.O=COCCO[N+](=O)[O-]. The molecule has 1 N–H and O–H groups in total. The van der Waals surface area contributed by atoms with Crippen molar-refractivity contribution in [1.82, 2.24) is 0 Å². The van der Waals surface area contributed by atoms with Gasteiger partial charge in [-0.25, -0.2) is 0 Å². The van der Waals surface area contributed by atoms with E-state index in [9.17, 15) is 24.5 Å². The third-order valence-electron chi connectivity index (χ3n) is 6.85. The van der Waals surface area contributed by atoms with Crippen LogP contribution >= 0.6 is 0 Å². The zero-order valence-corrected chi connectivity index (χ0v) is 30.4. The molecule has 0 amide bonds. The molecule has 0 spiro atoms. The van der Waals surface area contributed by atoms with Crippen LogP contribution in [0.4, 0.5) is 0 Å². The van der Waals surface area contributed by atoms with E-state index in [1.807, 2.05) is 50.3 Å². The number of unbranched alkanes of at least 4 members (excludes halogenated alkanes) is 6. The number of aliphatic hydroxyl groups excluding tert-OH is 1. The quantitative estimate of drug-likeness (QED) is 0.0269. The Bertz CT molecular complexity index is 953. The van der Waals surface area contributed by atoms with Crippen molar-refractivity contribution in [2.24, 2.45) is 5.92 Å². The molecule has 0 atom stereocenters. The molecule has 1 fully saturated rings. The summed E-state index contributed by atoms with van der Waals surface area (Å²) in [5, 5.41) is 15.5. The topological polar surface area (TPSA) is 152 Å². The fourth-order valence-corrected chi connectivity index (χ4v) is 4.43. The van der Waals surface area contributed by atoms with Crippen molar-refractivity contribution in [2.45, 2.75) is 124 Å². The van der Waals surface area contributed by atoms with Crippen molar-refractivity contribution in [3.05, 3.63) is 52.1 Å². The summed E-state index contributed by atoms with van der Waals surface area (Å²) in [6.45, 7) is 8.32. The zero-order chi connectivity index (χ0) is 36.7. The second-order valence-electron chi connectivity index (χ2n) is 10.7. The summed E-state index contributed by atoms with van der Waals surface area (Å²) in [6.07, 6.45) is 27.0. The van der Waals surface area contributed by atoms with Crippen LogP contribution < -0.4 is 9.47 Å². The maximum absolute atomic E-state index is 11.7. The number of nitrogens with zero attached hydrogens (tertiary/aromatic N) is 1. The number of ether oxygens (including phenoxy) is 3. The lowest BCUT2D eigenvalue weighted by molar-refractivity contribution is -0.757. The van der Waals surface area contributed by atoms with E-state index in [4.69, 9.17) is 14.6 Å². The van der Waals surface area contributed by atoms with E-state index in [1.54, 1.807) is 13.2 Å². The molecule has 11 heteroatoms. The first-order chi connectivity index (χ1) is 23.3. The van der Waals surface area contributed by atoms with Gasteiger partial charge in [-0.05, 0) is 56.7 Å². The molecule has 0 unspecified atom stereocenters. The number of benzene rings is 1. The highest BCUT2D eigenvalue weighted by Crippen LogP contribution is 2.29. The molecule has 0 aromatic heterocycles. The third kappa shape index (κ3) is 33.6. The molecular weight excluding hydrogens is 618 g/mol. The average molecular weight is 682 g/mol. The molecule has 0 bridgehead atoms. The maximum atomic E-state index is 11.7. The Morgan fingerprint density at radius 1 is 0.938 bits per heavy atom. The fourth-order valence-electron chi connectivity index (χ4n) is 4.43. The lowest BCUT2D eigenvalue weighted by Crippen LogP contribution is -2.08. The average Bonchev–Trinajstić information content (AvgIpc) is 3.62. The van der Waals surface area contributed by atoms with Gasteiger partial charge in [0.25, 0.3) is 11.6 Å². The number of esters is 1. The van der Waals surface area contributed by atoms with E-state index < -0.39 is 5.09 Å². The number of hydrogen-bond donors (Lipinski definition) is 1. The van der Waals surface area contributed by atoms with Crippen molar-refractivity contribution in [3.8, 4) is 11.5 Å². The van der Waals surface area contributed by atoms with Crippen LogP contribution in [0.15, 0.2) is 36.4 Å². The monoisotopic (exact) mass is 681 g/mol. The van der Waals surface area contributed by atoms with Crippen LogP contribution in [0.25, 0.3) is 6.08 Å². The Balaban J connectivity index is -0.000000606. The normalized spacial score (nSPS) is 11.7. The standard InChI is InChI=1S/C17H22O3.C8H14O.C8H18.C3H5NO5.CH4O/c1-4-6-7-8-10-17(18)20-15-12-11-14(9-5-2)13-16(15)19-3;9-7-3-6-8-4-1-2-5-8;1-3-5-7-8-6-4-2;5-3-8-1-2-9-4(6)7;1-2/h4-6,9,11-13H,7-8,10H2,1-3H3;7-8H,1-6H2;3-8H2,1-2H3;3H,1-2H2;2H,1H3/b6-4-,9-5+;;;;. The molecule has 0 heterocycles. The van der Waals surface area contributed by atoms with E-state index in [0.717, 1.165) is 50.6 Å². The molecule has 1 saturated carbocycles. The largest absolute Gasteiger partial charge is 0.493 e. The molecule has 11 nitrogen and oxygen atoms in total. The summed E-state index contributed by atoms with van der Waals surface area (Å²) in [5.41, 5.74) is 1.01. The Labute approximate surface area is 289 Å². The minimum Gasteiger partial charge on any atom is -0.493 e. The van der Waals surface area contributed by atoms with E-state index in [-0.39, 0.29) is 25.7 Å². The Kier molecular flexibility index (Phi) is 40.0. The van der Waals surface area contributed by atoms with Gasteiger partial charge >= 0.3 is 5.97 Å². The van der Waals surface area contributed by atoms with Gasteiger partial charge in [0, 0.05) is 20.0 Å². The van der Waals surface area contributed by atoms with Gasteiger partial charge in [0.2, 0.25) is 0 Å². The molecule has 1 aliphatic rings. The minimum atomic E-state index is -0.950. The summed E-state index contributed by atoms with van der Waals surface area (Å²) < 4.78 is 14.7. The minimum absolute atomic E-state index is 0.0928. The predicted molar refractivity (Wildman–Crippen MR) is 191 cm³/mol. The van der Waals surface area contributed by atoms with E-state index in [2.05, 4.69) is 23.4 Å². The second kappa shape index (κ2) is 39.4. The molecule has 276 valence electrons. The Morgan fingerprint density at radius 2 is 1.58 bits per heavy atom. The van der Waals surface area contributed by atoms with E-state index in [0.29, 0.717) is 17.9 Å². The van der Waals surface area contributed by atoms with Crippen molar-refractivity contribution >= 4 is 24.8 Å². The van der Waals surface area contributed by atoms with Crippen LogP contribution in [-0.4, -0.2) is 56.4 Å². The van der Waals surface area contributed by atoms with Crippen molar-refractivity contribution in [3.63, 3.8) is 0 Å². The summed E-state index contributed by atoms with van der Waals surface area (Å²) in [5.74, 6) is 1.70. The van der Waals surface area contributed by atoms with E-state index in [1.165, 1.54) is 64.2 Å². The number of carbonyl (C=O) groups is 3. The van der Waals surface area contributed by atoms with Crippen LogP contribution in [0.5, 0.6) is 11.5 Å². The van der Waals surface area contributed by atoms with Gasteiger partial charge in [0.1, 0.15) is 19.5 Å². The molecule has 0 aliphatic heterocycles. The van der Waals surface area contributed by atoms with Gasteiger partial charge in [-0.3, -0.25) is 9.59 Å². The van der Waals surface area contributed by atoms with Crippen LogP contribution in [0.3, 0.4) is 0 Å². The molecule has 1 aliphatic carbocycles. The Hall–Kier alpha value is -3.73. The molecule has 48 heavy (non-hydrogen) atoms. The number of aldehydes is 1. The molecule has 0 saturated heterocycles. The van der Waals surface area contributed by atoms with Crippen LogP contribution in [0, 0.1) is 16.0 Å². The van der Waals surface area contributed by atoms with Gasteiger partial charge < -0.3 is 28.9 Å². The maximum Gasteiger partial charge on any atom is 0.311 e. The summed E-state index contributed by atoms with van der Waals surface area (Å²) in [6, 6.07) is 5.51. The summed E-state index contributed by atoms with van der Waals surface area (Å²) in [7, 11) is 2.57. The number of aliphatic hydroxyl groups is 1. The highest BCUT2D eigenvalue weighted by molar-refractivity contribution is 5.73. The van der Waals surface area contributed by atoms with E-state index >= 15 is 0 Å². The van der Waals surface area contributed by atoms with Gasteiger partial charge in [-0.15, -0.1) is 10.1 Å². The summed E-state index contributed by atoms with van der Waals surface area (Å²) >= 11 is 0. The second-order valence-corrected chi connectivity index (χ2v) is 10.7. The van der Waals surface area contributed by atoms with Crippen molar-refractivity contribution < 1.29 is 43.6 Å². The lowest BCUT2D eigenvalue weighted by atomic mass is 10.0. The molecule has 1 aromatic carbocycles. The molecule has 1 aromatic rings. The van der Waals surface area contributed by atoms with Crippen molar-refractivity contribution in [2.75, 3.05) is 27.4 Å². The number of carbonyl (C=O) groups excluding carboxylic acids is 3. The highest BCUT2D eigenvalue weighted by Gasteiger charge is 2.13. The van der Waals surface area contributed by atoms with Gasteiger partial charge in [-0.2, -0.15) is 0 Å². The first-order valence-electron chi connectivity index (χ1n) is 17.2. The number of hydrogen-bond acceptors (Lipinski definition) is 10. The zero-order valence-electron chi connectivity index (χ0n) is 30.4. The molecule has 0 radical (unpaired) electrons. The number of allylic oxidation sites excluding steroid dienone is 3. The summed E-state index contributed by atoms with van der Waals surface area (Å²) in [4.78, 5) is 44.3. The van der Waals surface area contributed by atoms with Gasteiger partial charge in [0.05, 0.1) is 7.11 Å². The van der Waals surface area contributed by atoms with Crippen molar-refractivity contribution in [1.29, 1.82) is 0 Å². The number of methoxy groups -OCH3 is 1. The smallest absolute Gasteiger partial charge is 0.311 e. The molecule has 2 rings (SSSR count). The fraction of sp³-hybridized carbons (Fsp3) is 0.649. The first-order valence-corrected chi connectivity index (χ1v) is 17.2. The Morgan fingerprint density at radius 3 is 2.08 bits per heavy atom.